The van der Waals surface area contributed by atoms with Crippen molar-refractivity contribution < 1.29 is 9.90 Å². The summed E-state index contributed by atoms with van der Waals surface area (Å²) in [5.74, 6) is 1.74. The van der Waals surface area contributed by atoms with Gasteiger partial charge in [-0.15, -0.1) is 0 Å². The summed E-state index contributed by atoms with van der Waals surface area (Å²) < 4.78 is 0. The number of carboxylic acid groups (broad SMARTS) is 1. The lowest BCUT2D eigenvalue weighted by molar-refractivity contribution is -0.140. The number of aliphatic carboxylic acids is 1. The number of piperazine rings is 1. The SMILES string of the molecule is O=C(O)C1CN(C2CCSCC2)CCN1. The first-order valence-electron chi connectivity index (χ1n) is 5.55. The monoisotopic (exact) mass is 230 g/mol. The van der Waals surface area contributed by atoms with E-state index in [1.165, 1.54) is 24.3 Å². The number of nitrogens with one attached hydrogen (secondary N) is 1. The van der Waals surface area contributed by atoms with Crippen LogP contribution in [0.2, 0.25) is 0 Å². The minimum absolute atomic E-state index is 0.367. The summed E-state index contributed by atoms with van der Waals surface area (Å²) in [4.78, 5) is 13.2. The van der Waals surface area contributed by atoms with Crippen LogP contribution >= 0.6 is 11.8 Å². The summed E-state index contributed by atoms with van der Waals surface area (Å²) in [6, 6.07) is 0.253. The highest BCUT2D eigenvalue weighted by atomic mass is 32.2. The molecule has 0 aliphatic carbocycles. The number of hydrogen-bond acceptors (Lipinski definition) is 4. The van der Waals surface area contributed by atoms with Crippen molar-refractivity contribution in [1.82, 2.24) is 10.2 Å². The Morgan fingerprint density at radius 3 is 2.80 bits per heavy atom. The molecule has 2 N–H and O–H groups in total. The summed E-state index contributed by atoms with van der Waals surface area (Å²) in [7, 11) is 0. The van der Waals surface area contributed by atoms with E-state index in [0.29, 0.717) is 12.6 Å². The van der Waals surface area contributed by atoms with Crippen LogP contribution in [0, 0.1) is 0 Å². The lowest BCUT2D eigenvalue weighted by Crippen LogP contribution is -2.57. The Labute approximate surface area is 94.4 Å². The maximum absolute atomic E-state index is 10.9. The largest absolute Gasteiger partial charge is 0.480 e. The van der Waals surface area contributed by atoms with Gasteiger partial charge in [-0.1, -0.05) is 0 Å². The van der Waals surface area contributed by atoms with E-state index in [4.69, 9.17) is 5.11 Å². The van der Waals surface area contributed by atoms with Crippen LogP contribution in [-0.4, -0.2) is 59.2 Å². The van der Waals surface area contributed by atoms with Gasteiger partial charge in [-0.2, -0.15) is 11.8 Å². The first-order valence-corrected chi connectivity index (χ1v) is 6.71. The highest BCUT2D eigenvalue weighted by Gasteiger charge is 2.29. The van der Waals surface area contributed by atoms with Gasteiger partial charge in [0.2, 0.25) is 0 Å². The van der Waals surface area contributed by atoms with E-state index in [0.717, 1.165) is 13.1 Å². The van der Waals surface area contributed by atoms with Gasteiger partial charge >= 0.3 is 5.97 Å². The molecule has 5 heteroatoms. The van der Waals surface area contributed by atoms with E-state index < -0.39 is 5.97 Å². The fraction of sp³-hybridized carbons (Fsp3) is 0.900. The maximum Gasteiger partial charge on any atom is 0.322 e. The predicted octanol–water partition coefficient (Wildman–Crippen LogP) is 0.240. The molecule has 2 saturated heterocycles. The smallest absolute Gasteiger partial charge is 0.322 e. The van der Waals surface area contributed by atoms with E-state index in [1.807, 2.05) is 11.8 Å². The molecule has 0 bridgehead atoms. The van der Waals surface area contributed by atoms with Gasteiger partial charge in [-0.3, -0.25) is 9.69 Å². The third-order valence-electron chi connectivity index (χ3n) is 3.21. The van der Waals surface area contributed by atoms with Gasteiger partial charge in [0.1, 0.15) is 6.04 Å². The fourth-order valence-electron chi connectivity index (χ4n) is 2.32. The van der Waals surface area contributed by atoms with Gasteiger partial charge in [-0.25, -0.2) is 0 Å². The van der Waals surface area contributed by atoms with Crippen molar-refractivity contribution in [3.05, 3.63) is 0 Å². The van der Waals surface area contributed by atoms with Crippen LogP contribution in [0.5, 0.6) is 0 Å². The van der Waals surface area contributed by atoms with Crippen LogP contribution in [0.1, 0.15) is 12.8 Å². The molecule has 0 amide bonds. The van der Waals surface area contributed by atoms with Gasteiger partial charge < -0.3 is 10.4 Å². The standard InChI is InChI=1S/C10H18N2O2S/c13-10(14)9-7-12(4-3-11-9)8-1-5-15-6-2-8/h8-9,11H,1-7H2,(H,13,14). The van der Waals surface area contributed by atoms with E-state index >= 15 is 0 Å². The Morgan fingerprint density at radius 2 is 2.13 bits per heavy atom. The molecule has 2 aliphatic rings. The minimum atomic E-state index is -0.718. The molecule has 86 valence electrons. The number of rotatable bonds is 2. The van der Waals surface area contributed by atoms with Crippen LogP contribution in [0.15, 0.2) is 0 Å². The Kier molecular flexibility index (Phi) is 3.88. The van der Waals surface area contributed by atoms with Gasteiger partial charge in [-0.05, 0) is 24.3 Å². The fourth-order valence-corrected chi connectivity index (χ4v) is 3.40. The average molecular weight is 230 g/mol. The average Bonchev–Trinajstić information content (AvgIpc) is 2.30. The molecule has 2 heterocycles. The number of nitrogens with zero attached hydrogens (tertiary/aromatic N) is 1. The summed E-state index contributed by atoms with van der Waals surface area (Å²) >= 11 is 2.01. The number of carbonyl (C=O) groups is 1. The second-order valence-corrected chi connectivity index (χ2v) is 5.41. The summed E-state index contributed by atoms with van der Waals surface area (Å²) in [6.45, 7) is 2.48. The van der Waals surface area contributed by atoms with Crippen LogP contribution in [-0.2, 0) is 4.79 Å². The van der Waals surface area contributed by atoms with Crippen LogP contribution < -0.4 is 5.32 Å². The zero-order valence-electron chi connectivity index (χ0n) is 8.82. The third kappa shape index (κ3) is 2.86. The molecule has 15 heavy (non-hydrogen) atoms. The van der Waals surface area contributed by atoms with Crippen LogP contribution in [0.25, 0.3) is 0 Å². The molecule has 2 rings (SSSR count). The summed E-state index contributed by atoms with van der Waals surface area (Å²) in [5, 5.41) is 12.0. The summed E-state index contributed by atoms with van der Waals surface area (Å²) in [6.07, 6.45) is 2.44. The highest BCUT2D eigenvalue weighted by molar-refractivity contribution is 7.99. The Hall–Kier alpha value is -0.260. The lowest BCUT2D eigenvalue weighted by atomic mass is 10.1. The van der Waals surface area contributed by atoms with E-state index in [-0.39, 0.29) is 6.04 Å². The molecule has 4 nitrogen and oxygen atoms in total. The number of thioether (sulfide) groups is 1. The number of hydrogen-bond donors (Lipinski definition) is 2. The second kappa shape index (κ2) is 5.18. The van der Waals surface area contributed by atoms with Crippen molar-refractivity contribution in [3.63, 3.8) is 0 Å². The number of carboxylic acids is 1. The molecular formula is C10H18N2O2S. The molecule has 0 radical (unpaired) electrons. The zero-order valence-corrected chi connectivity index (χ0v) is 9.63. The van der Waals surface area contributed by atoms with Crippen molar-refractivity contribution in [1.29, 1.82) is 0 Å². The first kappa shape index (κ1) is 11.2. The van der Waals surface area contributed by atoms with Crippen molar-refractivity contribution in [2.45, 2.75) is 24.9 Å². The van der Waals surface area contributed by atoms with Crippen LogP contribution in [0.3, 0.4) is 0 Å². The molecule has 1 unspecified atom stereocenters. The quantitative estimate of drug-likeness (QED) is 0.712. The van der Waals surface area contributed by atoms with Gasteiger partial charge in [0.15, 0.2) is 0 Å². The first-order chi connectivity index (χ1) is 7.27. The van der Waals surface area contributed by atoms with Crippen molar-refractivity contribution in [2.24, 2.45) is 0 Å². The van der Waals surface area contributed by atoms with Gasteiger partial charge in [0.05, 0.1) is 0 Å². The van der Waals surface area contributed by atoms with E-state index in [2.05, 4.69) is 10.2 Å². The maximum atomic E-state index is 10.9. The molecule has 2 fully saturated rings. The molecule has 0 saturated carbocycles. The van der Waals surface area contributed by atoms with Gasteiger partial charge in [0.25, 0.3) is 0 Å². The van der Waals surface area contributed by atoms with Gasteiger partial charge in [0, 0.05) is 25.7 Å². The minimum Gasteiger partial charge on any atom is -0.480 e. The molecule has 0 aromatic carbocycles. The molecule has 0 aromatic heterocycles. The predicted molar refractivity (Wildman–Crippen MR) is 61.3 cm³/mol. The molecule has 0 spiro atoms. The topological polar surface area (TPSA) is 52.6 Å². The third-order valence-corrected chi connectivity index (χ3v) is 4.26. The van der Waals surface area contributed by atoms with E-state index in [9.17, 15) is 4.79 Å². The molecule has 0 aromatic rings. The summed E-state index contributed by atoms with van der Waals surface area (Å²) in [5.41, 5.74) is 0. The second-order valence-electron chi connectivity index (χ2n) is 4.18. The molecule has 1 atom stereocenters. The Bertz CT molecular complexity index is 231. The zero-order chi connectivity index (χ0) is 10.7. The Balaban J connectivity index is 1.88. The van der Waals surface area contributed by atoms with Crippen molar-refractivity contribution in [2.75, 3.05) is 31.1 Å². The van der Waals surface area contributed by atoms with Crippen LogP contribution in [0.4, 0.5) is 0 Å². The Morgan fingerprint density at radius 1 is 1.40 bits per heavy atom. The lowest BCUT2D eigenvalue weighted by Gasteiger charge is -2.39. The van der Waals surface area contributed by atoms with E-state index in [1.54, 1.807) is 0 Å². The van der Waals surface area contributed by atoms with Crippen molar-refractivity contribution >= 4 is 17.7 Å². The molecule has 2 aliphatic heterocycles. The normalized spacial score (nSPS) is 30.3. The molecular weight excluding hydrogens is 212 g/mol. The van der Waals surface area contributed by atoms with Crippen molar-refractivity contribution in [3.8, 4) is 0 Å². The highest BCUT2D eigenvalue weighted by Crippen LogP contribution is 2.22.